The molecule has 3 aromatic rings. The SMILES string of the molecule is O=C(Nc1ccc(Cl)cc1)Nc1nc2cc(Br)ccc2s1. The molecule has 0 saturated carbocycles. The van der Waals surface area contributed by atoms with Gasteiger partial charge in [0.15, 0.2) is 5.13 Å². The topological polar surface area (TPSA) is 54.0 Å². The molecule has 7 heteroatoms. The van der Waals surface area contributed by atoms with Gasteiger partial charge in [-0.15, -0.1) is 0 Å². The minimum atomic E-state index is -0.338. The van der Waals surface area contributed by atoms with Crippen LogP contribution >= 0.6 is 38.9 Å². The Morgan fingerprint density at radius 2 is 1.90 bits per heavy atom. The Morgan fingerprint density at radius 1 is 1.14 bits per heavy atom. The standard InChI is InChI=1S/C14H9BrClN3OS/c15-8-1-6-12-11(7-8)18-14(21-12)19-13(20)17-10-4-2-9(16)3-5-10/h1-7H,(H2,17,18,19,20). The van der Waals surface area contributed by atoms with E-state index in [4.69, 9.17) is 11.6 Å². The summed E-state index contributed by atoms with van der Waals surface area (Å²) in [7, 11) is 0. The maximum atomic E-state index is 11.9. The number of carbonyl (C=O) groups excluding carboxylic acids is 1. The van der Waals surface area contributed by atoms with Crippen LogP contribution in [-0.4, -0.2) is 11.0 Å². The zero-order valence-electron chi connectivity index (χ0n) is 10.6. The molecule has 0 saturated heterocycles. The van der Waals surface area contributed by atoms with Crippen LogP contribution in [0.25, 0.3) is 10.2 Å². The first-order valence-corrected chi connectivity index (χ1v) is 7.98. The van der Waals surface area contributed by atoms with Crippen molar-refractivity contribution in [2.45, 2.75) is 0 Å². The van der Waals surface area contributed by atoms with Gasteiger partial charge >= 0.3 is 6.03 Å². The summed E-state index contributed by atoms with van der Waals surface area (Å²) in [4.78, 5) is 16.3. The van der Waals surface area contributed by atoms with Crippen LogP contribution in [0.1, 0.15) is 0 Å². The van der Waals surface area contributed by atoms with E-state index in [1.54, 1.807) is 24.3 Å². The quantitative estimate of drug-likeness (QED) is 0.627. The smallest absolute Gasteiger partial charge is 0.308 e. The van der Waals surface area contributed by atoms with Gasteiger partial charge in [0.25, 0.3) is 0 Å². The Hall–Kier alpha value is -1.63. The molecule has 0 unspecified atom stereocenters. The van der Waals surface area contributed by atoms with Crippen molar-refractivity contribution in [1.29, 1.82) is 0 Å². The number of rotatable bonds is 2. The molecule has 0 bridgehead atoms. The largest absolute Gasteiger partial charge is 0.325 e. The highest BCUT2D eigenvalue weighted by molar-refractivity contribution is 9.10. The van der Waals surface area contributed by atoms with Crippen LogP contribution in [0.15, 0.2) is 46.9 Å². The maximum absolute atomic E-state index is 11.9. The average molecular weight is 383 g/mol. The molecular formula is C14H9BrClN3OS. The second-order valence-corrected chi connectivity index (χ2v) is 6.60. The molecule has 2 aromatic carbocycles. The zero-order valence-corrected chi connectivity index (χ0v) is 13.7. The van der Waals surface area contributed by atoms with Gasteiger partial charge in [0.2, 0.25) is 0 Å². The summed E-state index contributed by atoms with van der Waals surface area (Å²) in [5.41, 5.74) is 1.51. The predicted molar refractivity (Wildman–Crippen MR) is 91.4 cm³/mol. The van der Waals surface area contributed by atoms with Crippen LogP contribution in [0.2, 0.25) is 5.02 Å². The highest BCUT2D eigenvalue weighted by atomic mass is 79.9. The Kier molecular flexibility index (Phi) is 4.10. The number of nitrogens with one attached hydrogen (secondary N) is 2. The number of halogens is 2. The number of aromatic nitrogens is 1. The van der Waals surface area contributed by atoms with Crippen molar-refractivity contribution in [2.75, 3.05) is 10.6 Å². The first-order chi connectivity index (χ1) is 10.1. The van der Waals surface area contributed by atoms with Crippen molar-refractivity contribution < 1.29 is 4.79 Å². The maximum Gasteiger partial charge on any atom is 0.325 e. The molecule has 0 atom stereocenters. The molecule has 0 fully saturated rings. The number of amides is 2. The van der Waals surface area contributed by atoms with E-state index in [0.717, 1.165) is 14.7 Å². The number of hydrogen-bond acceptors (Lipinski definition) is 3. The van der Waals surface area contributed by atoms with Gasteiger partial charge < -0.3 is 5.32 Å². The molecule has 4 nitrogen and oxygen atoms in total. The summed E-state index contributed by atoms with van der Waals surface area (Å²) >= 11 is 10.6. The second-order valence-electron chi connectivity index (χ2n) is 4.22. The second kappa shape index (κ2) is 6.01. The van der Waals surface area contributed by atoms with Crippen molar-refractivity contribution in [2.24, 2.45) is 0 Å². The normalized spacial score (nSPS) is 10.6. The lowest BCUT2D eigenvalue weighted by atomic mass is 10.3. The molecule has 2 N–H and O–H groups in total. The highest BCUT2D eigenvalue weighted by Gasteiger charge is 2.08. The summed E-state index contributed by atoms with van der Waals surface area (Å²) in [5.74, 6) is 0. The number of urea groups is 1. The van der Waals surface area contributed by atoms with Gasteiger partial charge in [0.05, 0.1) is 10.2 Å². The van der Waals surface area contributed by atoms with Gasteiger partial charge in [0, 0.05) is 15.2 Å². The molecule has 1 aromatic heterocycles. The van der Waals surface area contributed by atoms with Crippen LogP contribution in [-0.2, 0) is 0 Å². The van der Waals surface area contributed by atoms with Gasteiger partial charge in [0.1, 0.15) is 0 Å². The van der Waals surface area contributed by atoms with Crippen LogP contribution in [0, 0.1) is 0 Å². The number of thiazole rings is 1. The Morgan fingerprint density at radius 3 is 2.67 bits per heavy atom. The Bertz CT molecular complexity index is 804. The fourth-order valence-corrected chi connectivity index (χ4v) is 3.06. The van der Waals surface area contributed by atoms with Gasteiger partial charge in [-0.1, -0.05) is 38.9 Å². The Labute approximate surface area is 138 Å². The molecule has 0 radical (unpaired) electrons. The van der Waals surface area contributed by atoms with E-state index in [1.807, 2.05) is 18.2 Å². The first-order valence-electron chi connectivity index (χ1n) is 6.00. The summed E-state index contributed by atoms with van der Waals surface area (Å²) in [5, 5.41) is 6.62. The highest BCUT2D eigenvalue weighted by Crippen LogP contribution is 2.28. The lowest BCUT2D eigenvalue weighted by Crippen LogP contribution is -2.19. The fourth-order valence-electron chi connectivity index (χ4n) is 1.75. The van der Waals surface area contributed by atoms with E-state index >= 15 is 0 Å². The molecule has 0 aliphatic carbocycles. The van der Waals surface area contributed by atoms with Gasteiger partial charge in [-0.2, -0.15) is 0 Å². The molecule has 2 amide bonds. The van der Waals surface area contributed by atoms with Crippen molar-refractivity contribution in [3.05, 3.63) is 52.0 Å². The molecule has 3 rings (SSSR count). The van der Waals surface area contributed by atoms with Crippen LogP contribution < -0.4 is 10.6 Å². The molecular weight excluding hydrogens is 374 g/mol. The lowest BCUT2D eigenvalue weighted by Gasteiger charge is -2.04. The summed E-state index contributed by atoms with van der Waals surface area (Å²) in [6.07, 6.45) is 0. The third kappa shape index (κ3) is 3.53. The Balaban J connectivity index is 1.72. The van der Waals surface area contributed by atoms with E-state index in [9.17, 15) is 4.79 Å². The minimum absolute atomic E-state index is 0.338. The molecule has 0 aliphatic heterocycles. The van der Waals surface area contributed by atoms with Gasteiger partial charge in [-0.25, -0.2) is 9.78 Å². The fraction of sp³-hybridized carbons (Fsp3) is 0. The number of carbonyl (C=O) groups is 1. The van der Waals surface area contributed by atoms with E-state index in [2.05, 4.69) is 31.5 Å². The van der Waals surface area contributed by atoms with Crippen molar-refractivity contribution >= 4 is 65.9 Å². The molecule has 0 spiro atoms. The minimum Gasteiger partial charge on any atom is -0.308 e. The van der Waals surface area contributed by atoms with Crippen LogP contribution in [0.4, 0.5) is 15.6 Å². The number of benzene rings is 2. The van der Waals surface area contributed by atoms with Crippen LogP contribution in [0.5, 0.6) is 0 Å². The summed E-state index contributed by atoms with van der Waals surface area (Å²) in [6.45, 7) is 0. The molecule has 21 heavy (non-hydrogen) atoms. The van der Waals surface area contributed by atoms with E-state index in [-0.39, 0.29) is 6.03 Å². The van der Waals surface area contributed by atoms with Gasteiger partial charge in [-0.3, -0.25) is 5.32 Å². The van der Waals surface area contributed by atoms with Crippen molar-refractivity contribution in [3.8, 4) is 0 Å². The third-order valence-electron chi connectivity index (χ3n) is 2.67. The van der Waals surface area contributed by atoms with E-state index in [1.165, 1.54) is 11.3 Å². The van der Waals surface area contributed by atoms with Crippen LogP contribution in [0.3, 0.4) is 0 Å². The zero-order chi connectivity index (χ0) is 14.8. The van der Waals surface area contributed by atoms with Gasteiger partial charge in [-0.05, 0) is 42.5 Å². The summed E-state index contributed by atoms with van der Waals surface area (Å²) < 4.78 is 1.97. The number of fused-ring (bicyclic) bond motifs is 1. The van der Waals surface area contributed by atoms with Crippen molar-refractivity contribution in [1.82, 2.24) is 4.98 Å². The van der Waals surface area contributed by atoms with Crippen molar-refractivity contribution in [3.63, 3.8) is 0 Å². The molecule has 0 aliphatic rings. The van der Waals surface area contributed by atoms with E-state index in [0.29, 0.717) is 15.8 Å². The third-order valence-corrected chi connectivity index (χ3v) is 4.37. The number of anilines is 2. The lowest BCUT2D eigenvalue weighted by molar-refractivity contribution is 0.262. The monoisotopic (exact) mass is 381 g/mol. The molecule has 106 valence electrons. The summed E-state index contributed by atoms with van der Waals surface area (Å²) in [6, 6.07) is 12.4. The first kappa shape index (κ1) is 14.3. The number of hydrogen-bond donors (Lipinski definition) is 2. The number of nitrogens with zero attached hydrogens (tertiary/aromatic N) is 1. The molecule has 1 heterocycles. The van der Waals surface area contributed by atoms with E-state index < -0.39 is 0 Å². The predicted octanol–water partition coefficient (Wildman–Crippen LogP) is 5.36. The average Bonchev–Trinajstić information content (AvgIpc) is 2.82.